The number of hydrogen-bond donors (Lipinski definition) is 2. The number of nitrogens with one attached hydrogen (secondary N) is 2. The fraction of sp³-hybridized carbons (Fsp3) is 0.250. The third-order valence-corrected chi connectivity index (χ3v) is 3.95. The molecule has 0 saturated heterocycles. The van der Waals surface area contributed by atoms with Crippen LogP contribution in [0, 0.1) is 6.92 Å². The molecule has 2 aromatic heterocycles. The van der Waals surface area contributed by atoms with Gasteiger partial charge in [-0.25, -0.2) is 9.97 Å². The summed E-state index contributed by atoms with van der Waals surface area (Å²) in [7, 11) is 0. The second-order valence-electron chi connectivity index (χ2n) is 4.89. The Balaban J connectivity index is 1.84. The van der Waals surface area contributed by atoms with E-state index in [1.54, 1.807) is 11.8 Å². The molecule has 0 aliphatic heterocycles. The zero-order valence-electron chi connectivity index (χ0n) is 12.2. The molecule has 0 spiro atoms. The van der Waals surface area contributed by atoms with Crippen LogP contribution in [0.3, 0.4) is 0 Å². The summed E-state index contributed by atoms with van der Waals surface area (Å²) >= 11 is 1.63. The maximum Gasteiger partial charge on any atom is 0.130 e. The summed E-state index contributed by atoms with van der Waals surface area (Å²) in [6, 6.07) is 12.4. The van der Waals surface area contributed by atoms with E-state index in [0.29, 0.717) is 0 Å². The quantitative estimate of drug-likeness (QED) is 0.692. The van der Waals surface area contributed by atoms with E-state index < -0.39 is 0 Å². The molecule has 3 aromatic rings. The molecule has 1 aromatic carbocycles. The molecule has 2 heterocycles. The summed E-state index contributed by atoms with van der Waals surface area (Å²) in [6.45, 7) is 4.99. The van der Waals surface area contributed by atoms with Crippen molar-refractivity contribution in [3.63, 3.8) is 0 Å². The van der Waals surface area contributed by atoms with Gasteiger partial charge in [-0.3, -0.25) is 0 Å². The van der Waals surface area contributed by atoms with E-state index >= 15 is 0 Å². The minimum atomic E-state index is 0.787. The number of hydrogen-bond acceptors (Lipinski definition) is 4. The Morgan fingerprint density at radius 3 is 2.86 bits per heavy atom. The zero-order chi connectivity index (χ0) is 14.7. The van der Waals surface area contributed by atoms with Crippen LogP contribution in [0.25, 0.3) is 10.9 Å². The molecule has 108 valence electrons. The van der Waals surface area contributed by atoms with Gasteiger partial charge in [-0.1, -0.05) is 36.9 Å². The number of para-hydroxylation sites is 1. The third kappa shape index (κ3) is 3.36. The molecule has 4 nitrogen and oxygen atoms in total. The largest absolute Gasteiger partial charge is 0.370 e. The number of benzene rings is 1. The van der Waals surface area contributed by atoms with E-state index in [1.807, 2.05) is 25.1 Å². The number of anilines is 1. The number of aromatic amines is 1. The van der Waals surface area contributed by atoms with Crippen molar-refractivity contribution in [3.8, 4) is 0 Å². The Hall–Kier alpha value is -2.01. The van der Waals surface area contributed by atoms with Crippen molar-refractivity contribution in [1.29, 1.82) is 0 Å². The first-order valence-corrected chi connectivity index (χ1v) is 7.91. The van der Waals surface area contributed by atoms with Gasteiger partial charge in [0.1, 0.15) is 16.7 Å². The van der Waals surface area contributed by atoms with Gasteiger partial charge in [-0.15, -0.1) is 0 Å². The van der Waals surface area contributed by atoms with E-state index in [9.17, 15) is 0 Å². The minimum absolute atomic E-state index is 0.787. The fourth-order valence-electron chi connectivity index (χ4n) is 2.15. The van der Waals surface area contributed by atoms with Crippen molar-refractivity contribution in [1.82, 2.24) is 15.0 Å². The van der Waals surface area contributed by atoms with Crippen LogP contribution in [0.1, 0.15) is 19.2 Å². The van der Waals surface area contributed by atoms with Crippen molar-refractivity contribution in [3.05, 3.63) is 42.2 Å². The molecule has 0 atom stereocenters. The molecular formula is C16H18N4S. The fourth-order valence-corrected chi connectivity index (χ4v) is 3.07. The van der Waals surface area contributed by atoms with Crippen molar-refractivity contribution in [2.45, 2.75) is 30.3 Å². The summed E-state index contributed by atoms with van der Waals surface area (Å²) in [5.74, 6) is 1.68. The van der Waals surface area contributed by atoms with Crippen LogP contribution in [0.2, 0.25) is 0 Å². The maximum absolute atomic E-state index is 4.50. The zero-order valence-corrected chi connectivity index (χ0v) is 13.0. The highest BCUT2D eigenvalue weighted by atomic mass is 32.2. The number of fused-ring (bicyclic) bond motifs is 1. The van der Waals surface area contributed by atoms with Gasteiger partial charge in [0.05, 0.1) is 5.03 Å². The number of nitrogens with zero attached hydrogens (tertiary/aromatic N) is 2. The maximum atomic E-state index is 4.50. The second kappa shape index (κ2) is 6.18. The topological polar surface area (TPSA) is 53.6 Å². The summed E-state index contributed by atoms with van der Waals surface area (Å²) < 4.78 is 0. The monoisotopic (exact) mass is 298 g/mol. The number of aromatic nitrogens is 3. The third-order valence-electron chi connectivity index (χ3n) is 3.09. The molecule has 0 aliphatic rings. The van der Waals surface area contributed by atoms with Gasteiger partial charge in [0.25, 0.3) is 0 Å². The lowest BCUT2D eigenvalue weighted by Crippen LogP contribution is -2.04. The second-order valence-corrected chi connectivity index (χ2v) is 5.95. The van der Waals surface area contributed by atoms with Crippen LogP contribution < -0.4 is 5.32 Å². The van der Waals surface area contributed by atoms with Crippen LogP contribution >= 0.6 is 11.8 Å². The number of aryl methyl sites for hydroxylation is 1. The first kappa shape index (κ1) is 13.9. The molecular weight excluding hydrogens is 280 g/mol. The number of H-pyrrole nitrogens is 1. The van der Waals surface area contributed by atoms with Gasteiger partial charge in [-0.2, -0.15) is 0 Å². The Morgan fingerprint density at radius 2 is 2.05 bits per heavy atom. The van der Waals surface area contributed by atoms with Crippen molar-refractivity contribution < 1.29 is 0 Å². The van der Waals surface area contributed by atoms with Gasteiger partial charge in [0.2, 0.25) is 0 Å². The molecule has 0 saturated carbocycles. The summed E-state index contributed by atoms with van der Waals surface area (Å²) in [6.07, 6.45) is 1.08. The normalized spacial score (nSPS) is 11.0. The molecule has 0 aliphatic carbocycles. The Bertz CT molecular complexity index is 718. The van der Waals surface area contributed by atoms with Crippen molar-refractivity contribution in [2.75, 3.05) is 11.9 Å². The Morgan fingerprint density at radius 1 is 1.19 bits per heavy atom. The van der Waals surface area contributed by atoms with E-state index in [1.165, 1.54) is 5.39 Å². The highest BCUT2D eigenvalue weighted by molar-refractivity contribution is 7.99. The average Bonchev–Trinajstić information content (AvgIpc) is 2.86. The summed E-state index contributed by atoms with van der Waals surface area (Å²) in [5, 5.41) is 6.58. The van der Waals surface area contributed by atoms with Gasteiger partial charge in [0.15, 0.2) is 0 Å². The van der Waals surface area contributed by atoms with Crippen LogP contribution in [0.15, 0.2) is 46.5 Å². The van der Waals surface area contributed by atoms with Gasteiger partial charge >= 0.3 is 0 Å². The minimum Gasteiger partial charge on any atom is -0.370 e. The highest BCUT2D eigenvalue weighted by Crippen LogP contribution is 2.29. The van der Waals surface area contributed by atoms with Crippen LogP contribution in [-0.2, 0) is 0 Å². The molecule has 0 bridgehead atoms. The van der Waals surface area contributed by atoms with Gasteiger partial charge in [0, 0.05) is 23.5 Å². The lowest BCUT2D eigenvalue weighted by atomic mass is 10.3. The molecule has 0 fully saturated rings. The van der Waals surface area contributed by atoms with E-state index in [4.69, 9.17) is 0 Å². The van der Waals surface area contributed by atoms with Crippen molar-refractivity contribution >= 4 is 28.5 Å². The highest BCUT2D eigenvalue weighted by Gasteiger charge is 2.06. The summed E-state index contributed by atoms with van der Waals surface area (Å²) in [4.78, 5) is 12.3. The van der Waals surface area contributed by atoms with Gasteiger partial charge < -0.3 is 10.3 Å². The van der Waals surface area contributed by atoms with E-state index in [2.05, 4.69) is 45.4 Å². The molecule has 3 rings (SSSR count). The molecule has 2 N–H and O–H groups in total. The summed E-state index contributed by atoms with van der Waals surface area (Å²) in [5.41, 5.74) is 1.15. The Kier molecular flexibility index (Phi) is 4.10. The van der Waals surface area contributed by atoms with E-state index in [-0.39, 0.29) is 0 Å². The van der Waals surface area contributed by atoms with Gasteiger partial charge in [-0.05, 0) is 25.5 Å². The van der Waals surface area contributed by atoms with Crippen LogP contribution in [0.4, 0.5) is 5.82 Å². The molecule has 0 amide bonds. The van der Waals surface area contributed by atoms with E-state index in [0.717, 1.165) is 40.2 Å². The first-order valence-electron chi connectivity index (χ1n) is 7.10. The van der Waals surface area contributed by atoms with Crippen LogP contribution in [0.5, 0.6) is 0 Å². The lowest BCUT2D eigenvalue weighted by Gasteiger charge is -2.06. The lowest BCUT2D eigenvalue weighted by molar-refractivity contribution is 0.927. The number of rotatable bonds is 5. The molecule has 0 unspecified atom stereocenters. The molecule has 0 radical (unpaired) electrons. The average molecular weight is 298 g/mol. The van der Waals surface area contributed by atoms with Crippen molar-refractivity contribution in [2.24, 2.45) is 0 Å². The smallest absolute Gasteiger partial charge is 0.130 e. The standard InChI is InChI=1S/C16H18N4S/c1-3-8-17-14-10-16(19-11(2)18-14)21-15-9-12-6-4-5-7-13(12)20-15/h4-7,9-10,20H,3,8H2,1-2H3,(H,17,18,19). The predicted molar refractivity (Wildman–Crippen MR) is 88.0 cm³/mol. The predicted octanol–water partition coefficient (Wildman–Crippen LogP) is 4.24. The first-order chi connectivity index (χ1) is 10.2. The Labute approximate surface area is 128 Å². The molecule has 21 heavy (non-hydrogen) atoms. The van der Waals surface area contributed by atoms with Crippen LogP contribution in [-0.4, -0.2) is 21.5 Å². The molecule has 5 heteroatoms. The SMILES string of the molecule is CCCNc1cc(Sc2cc3ccccc3[nH]2)nc(C)n1.